The Balaban J connectivity index is 1.66. The largest absolute Gasteiger partial charge is 0.417 e. The van der Waals surface area contributed by atoms with Gasteiger partial charge in [-0.2, -0.15) is 17.5 Å². The zero-order valence-electron chi connectivity index (χ0n) is 16.9. The van der Waals surface area contributed by atoms with Gasteiger partial charge in [0, 0.05) is 30.3 Å². The van der Waals surface area contributed by atoms with E-state index in [1.807, 2.05) is 0 Å². The lowest BCUT2D eigenvalue weighted by atomic mass is 9.97. The molecule has 1 fully saturated rings. The standard InChI is InChI=1S/C21H20ClF3N2O4S/c1-13(28)14-2-4-16(5-3-14)26-20(29)15-8-10-27(11-9-15)32(30,31)17-6-7-19(22)18(12-17)21(23,24)25/h2-7,12,15H,8-11H2,1H3,(H,26,29). The fourth-order valence-electron chi connectivity index (χ4n) is 3.42. The number of piperidine rings is 1. The number of sulfonamides is 1. The highest BCUT2D eigenvalue weighted by Crippen LogP contribution is 2.36. The van der Waals surface area contributed by atoms with Crippen molar-refractivity contribution in [2.45, 2.75) is 30.8 Å². The van der Waals surface area contributed by atoms with E-state index in [4.69, 9.17) is 11.6 Å². The highest BCUT2D eigenvalue weighted by Gasteiger charge is 2.37. The number of amides is 1. The van der Waals surface area contributed by atoms with Crippen LogP contribution in [0.1, 0.15) is 35.7 Å². The van der Waals surface area contributed by atoms with E-state index in [-0.39, 0.29) is 37.6 Å². The summed E-state index contributed by atoms with van der Waals surface area (Å²) in [7, 11) is -4.17. The molecule has 1 aliphatic heterocycles. The number of hydrogen-bond acceptors (Lipinski definition) is 4. The Labute approximate surface area is 188 Å². The van der Waals surface area contributed by atoms with Gasteiger partial charge in [0.05, 0.1) is 15.5 Å². The van der Waals surface area contributed by atoms with Gasteiger partial charge in [0.1, 0.15) is 0 Å². The van der Waals surface area contributed by atoms with Crippen LogP contribution in [0.5, 0.6) is 0 Å². The fourth-order valence-corrected chi connectivity index (χ4v) is 5.14. The van der Waals surface area contributed by atoms with E-state index in [0.29, 0.717) is 17.3 Å². The van der Waals surface area contributed by atoms with Crippen LogP contribution in [0.4, 0.5) is 18.9 Å². The van der Waals surface area contributed by atoms with Crippen LogP contribution in [-0.4, -0.2) is 37.5 Å². The van der Waals surface area contributed by atoms with Crippen molar-refractivity contribution < 1.29 is 31.2 Å². The average Bonchev–Trinajstić information content (AvgIpc) is 2.73. The predicted octanol–water partition coefficient (Wildman–Crippen LogP) is 4.60. The topological polar surface area (TPSA) is 83.6 Å². The van der Waals surface area contributed by atoms with E-state index in [1.54, 1.807) is 24.3 Å². The molecule has 0 atom stereocenters. The predicted molar refractivity (Wildman–Crippen MR) is 113 cm³/mol. The molecule has 172 valence electrons. The molecule has 0 spiro atoms. The second kappa shape index (κ2) is 9.21. The van der Waals surface area contributed by atoms with Gasteiger partial charge in [-0.05, 0) is 62.2 Å². The zero-order chi connectivity index (χ0) is 23.7. The molecule has 0 unspecified atom stereocenters. The lowest BCUT2D eigenvalue weighted by molar-refractivity contribution is -0.137. The molecule has 2 aromatic carbocycles. The Kier molecular flexibility index (Phi) is 6.97. The van der Waals surface area contributed by atoms with E-state index in [2.05, 4.69) is 5.32 Å². The van der Waals surface area contributed by atoms with Crippen molar-refractivity contribution in [3.63, 3.8) is 0 Å². The van der Waals surface area contributed by atoms with Crippen LogP contribution >= 0.6 is 11.6 Å². The number of hydrogen-bond donors (Lipinski definition) is 1. The lowest BCUT2D eigenvalue weighted by Crippen LogP contribution is -2.41. The summed E-state index contributed by atoms with van der Waals surface area (Å²) in [5, 5.41) is 2.16. The van der Waals surface area contributed by atoms with Gasteiger partial charge in [-0.25, -0.2) is 8.42 Å². The molecular formula is C21H20ClF3N2O4S. The molecule has 0 aliphatic carbocycles. The van der Waals surface area contributed by atoms with Crippen LogP contribution in [0.3, 0.4) is 0 Å². The number of halogens is 4. The van der Waals surface area contributed by atoms with Gasteiger partial charge in [-0.3, -0.25) is 9.59 Å². The Morgan fingerprint density at radius 3 is 2.19 bits per heavy atom. The van der Waals surface area contributed by atoms with Gasteiger partial charge in [0.15, 0.2) is 5.78 Å². The van der Waals surface area contributed by atoms with Crippen LogP contribution in [0.15, 0.2) is 47.4 Å². The summed E-state index contributed by atoms with van der Waals surface area (Å²) >= 11 is 5.57. The van der Waals surface area contributed by atoms with E-state index in [9.17, 15) is 31.2 Å². The molecule has 32 heavy (non-hydrogen) atoms. The molecule has 0 bridgehead atoms. The molecule has 0 aromatic heterocycles. The number of carbonyl (C=O) groups excluding carboxylic acids is 2. The highest BCUT2D eigenvalue weighted by molar-refractivity contribution is 7.89. The van der Waals surface area contributed by atoms with Crippen molar-refractivity contribution in [3.05, 3.63) is 58.6 Å². The fraction of sp³-hybridized carbons (Fsp3) is 0.333. The third kappa shape index (κ3) is 5.31. The number of ketones is 1. The minimum absolute atomic E-state index is 0.00628. The summed E-state index contributed by atoms with van der Waals surface area (Å²) in [5.74, 6) is -0.840. The molecule has 11 heteroatoms. The van der Waals surface area contributed by atoms with E-state index < -0.39 is 37.6 Å². The van der Waals surface area contributed by atoms with E-state index >= 15 is 0 Å². The first kappa shape index (κ1) is 24.2. The second-order valence-electron chi connectivity index (χ2n) is 7.44. The molecule has 1 amide bonds. The minimum Gasteiger partial charge on any atom is -0.326 e. The van der Waals surface area contributed by atoms with E-state index in [1.165, 1.54) is 6.92 Å². The summed E-state index contributed by atoms with van der Waals surface area (Å²) in [5.41, 5.74) is -0.196. The van der Waals surface area contributed by atoms with Crippen LogP contribution in [0.25, 0.3) is 0 Å². The van der Waals surface area contributed by atoms with Crippen molar-refractivity contribution in [1.82, 2.24) is 4.31 Å². The van der Waals surface area contributed by atoms with Gasteiger partial charge in [0.2, 0.25) is 15.9 Å². The normalized spacial score (nSPS) is 16.0. The third-order valence-corrected chi connectivity index (χ3v) is 7.49. The third-order valence-electron chi connectivity index (χ3n) is 5.26. The Hall–Kier alpha value is -2.43. The highest BCUT2D eigenvalue weighted by atomic mass is 35.5. The first-order valence-corrected chi connectivity index (χ1v) is 11.5. The summed E-state index contributed by atoms with van der Waals surface area (Å²) in [6.45, 7) is 1.42. The molecular weight excluding hydrogens is 469 g/mol. The Morgan fingerprint density at radius 2 is 1.66 bits per heavy atom. The first-order valence-electron chi connectivity index (χ1n) is 9.68. The summed E-state index contributed by atoms with van der Waals surface area (Å²) < 4.78 is 66.0. The maximum absolute atomic E-state index is 13.1. The molecule has 1 aliphatic rings. The Morgan fingerprint density at radius 1 is 1.06 bits per heavy atom. The lowest BCUT2D eigenvalue weighted by Gasteiger charge is -2.30. The average molecular weight is 489 g/mol. The monoisotopic (exact) mass is 488 g/mol. The molecule has 1 saturated heterocycles. The number of rotatable bonds is 5. The maximum atomic E-state index is 13.1. The zero-order valence-corrected chi connectivity index (χ0v) is 18.5. The number of nitrogens with zero attached hydrogens (tertiary/aromatic N) is 1. The van der Waals surface area contributed by atoms with Gasteiger partial charge in [-0.1, -0.05) is 11.6 Å². The van der Waals surface area contributed by atoms with Crippen LogP contribution in [0, 0.1) is 5.92 Å². The SMILES string of the molecule is CC(=O)c1ccc(NC(=O)C2CCN(S(=O)(=O)c3ccc(Cl)c(C(F)(F)F)c3)CC2)cc1. The first-order chi connectivity index (χ1) is 14.9. The molecule has 2 aromatic rings. The van der Waals surface area contributed by atoms with Crippen molar-refractivity contribution in [2.24, 2.45) is 5.92 Å². The summed E-state index contributed by atoms with van der Waals surface area (Å²) in [6.07, 6.45) is -4.34. The van der Waals surface area contributed by atoms with Gasteiger partial charge < -0.3 is 5.32 Å². The van der Waals surface area contributed by atoms with Crippen LogP contribution in [-0.2, 0) is 21.0 Å². The molecule has 6 nitrogen and oxygen atoms in total. The minimum atomic E-state index is -4.78. The van der Waals surface area contributed by atoms with Gasteiger partial charge >= 0.3 is 6.18 Å². The van der Waals surface area contributed by atoms with Crippen molar-refractivity contribution in [2.75, 3.05) is 18.4 Å². The van der Waals surface area contributed by atoms with Crippen molar-refractivity contribution >= 4 is 39.0 Å². The summed E-state index contributed by atoms with van der Waals surface area (Å²) in [6, 6.07) is 8.87. The molecule has 1 heterocycles. The molecule has 3 rings (SSSR count). The molecule has 0 saturated carbocycles. The van der Waals surface area contributed by atoms with Gasteiger partial charge in [0.25, 0.3) is 0 Å². The maximum Gasteiger partial charge on any atom is 0.417 e. The number of nitrogens with one attached hydrogen (secondary N) is 1. The number of Topliss-reactive ketones (excluding diaryl/α,β-unsaturated/α-hetero) is 1. The number of carbonyl (C=O) groups is 2. The smallest absolute Gasteiger partial charge is 0.326 e. The Bertz CT molecular complexity index is 1130. The second-order valence-corrected chi connectivity index (χ2v) is 9.79. The number of benzene rings is 2. The van der Waals surface area contributed by atoms with Crippen LogP contribution in [0.2, 0.25) is 5.02 Å². The van der Waals surface area contributed by atoms with Gasteiger partial charge in [-0.15, -0.1) is 0 Å². The molecule has 0 radical (unpaired) electrons. The van der Waals surface area contributed by atoms with Crippen LogP contribution < -0.4 is 5.32 Å². The number of anilines is 1. The number of alkyl halides is 3. The molecule has 1 N–H and O–H groups in total. The van der Waals surface area contributed by atoms with Crippen molar-refractivity contribution in [3.8, 4) is 0 Å². The summed E-state index contributed by atoms with van der Waals surface area (Å²) in [4.78, 5) is 23.3. The van der Waals surface area contributed by atoms with Crippen molar-refractivity contribution in [1.29, 1.82) is 0 Å². The quantitative estimate of drug-likeness (QED) is 0.623. The van der Waals surface area contributed by atoms with E-state index in [0.717, 1.165) is 16.4 Å².